The van der Waals surface area contributed by atoms with Crippen LogP contribution in [0.1, 0.15) is 37.9 Å². The van der Waals surface area contributed by atoms with Crippen molar-refractivity contribution in [2.75, 3.05) is 12.3 Å². The minimum Gasteiger partial charge on any atom is -0.465 e. The van der Waals surface area contributed by atoms with Crippen LogP contribution in [0.4, 0.5) is 14.9 Å². The van der Waals surface area contributed by atoms with Crippen LogP contribution in [0.25, 0.3) is 0 Å². The molecule has 1 unspecified atom stereocenters. The van der Waals surface area contributed by atoms with Crippen molar-refractivity contribution < 1.29 is 14.3 Å². The zero-order chi connectivity index (χ0) is 14.4. The van der Waals surface area contributed by atoms with Crippen LogP contribution in [0.2, 0.25) is 0 Å². The summed E-state index contributed by atoms with van der Waals surface area (Å²) in [4.78, 5) is 12.8. The molecule has 2 rings (SSSR count). The molecule has 3 N–H and O–H groups in total. The van der Waals surface area contributed by atoms with Gasteiger partial charge in [-0.2, -0.15) is 0 Å². The molecule has 1 atom stereocenters. The van der Waals surface area contributed by atoms with E-state index in [9.17, 15) is 14.3 Å². The highest BCUT2D eigenvalue weighted by Crippen LogP contribution is 2.43. The van der Waals surface area contributed by atoms with Crippen LogP contribution in [0, 0.1) is 11.2 Å². The standard InChI is InChI=1S/C14H19FN2O2/c1-14(2,3)12-9-7-11(16)10(15)6-8(9)4-5-17(12)13(18)19/h6-7,12H,4-5,16H2,1-3H3,(H,18,19). The van der Waals surface area contributed by atoms with Gasteiger partial charge in [0.2, 0.25) is 0 Å². The highest BCUT2D eigenvalue weighted by atomic mass is 19.1. The van der Waals surface area contributed by atoms with E-state index in [-0.39, 0.29) is 17.1 Å². The number of anilines is 1. The van der Waals surface area contributed by atoms with Crippen molar-refractivity contribution in [2.45, 2.75) is 33.2 Å². The fourth-order valence-electron chi connectivity index (χ4n) is 2.80. The molecular weight excluding hydrogens is 247 g/mol. The predicted octanol–water partition coefficient (Wildman–Crippen LogP) is 3.03. The smallest absolute Gasteiger partial charge is 0.407 e. The van der Waals surface area contributed by atoms with Gasteiger partial charge in [0.15, 0.2) is 0 Å². The van der Waals surface area contributed by atoms with E-state index in [4.69, 9.17) is 5.73 Å². The molecule has 104 valence electrons. The van der Waals surface area contributed by atoms with Crippen molar-refractivity contribution in [3.8, 4) is 0 Å². The van der Waals surface area contributed by atoms with Crippen LogP contribution in [-0.2, 0) is 6.42 Å². The van der Waals surface area contributed by atoms with Gasteiger partial charge in [-0.05, 0) is 35.1 Å². The van der Waals surface area contributed by atoms with E-state index in [2.05, 4.69) is 0 Å². The zero-order valence-electron chi connectivity index (χ0n) is 11.4. The van der Waals surface area contributed by atoms with E-state index in [1.54, 1.807) is 6.07 Å². The van der Waals surface area contributed by atoms with Gasteiger partial charge < -0.3 is 15.7 Å². The fraction of sp³-hybridized carbons (Fsp3) is 0.500. The Balaban J connectivity index is 2.58. The Morgan fingerprint density at radius 1 is 1.47 bits per heavy atom. The number of rotatable bonds is 0. The highest BCUT2D eigenvalue weighted by Gasteiger charge is 2.39. The van der Waals surface area contributed by atoms with Crippen molar-refractivity contribution >= 4 is 11.8 Å². The number of benzene rings is 1. The molecular formula is C14H19FN2O2. The van der Waals surface area contributed by atoms with Gasteiger partial charge >= 0.3 is 6.09 Å². The summed E-state index contributed by atoms with van der Waals surface area (Å²) in [7, 11) is 0. The third-order valence-corrected chi connectivity index (χ3v) is 3.55. The molecule has 4 nitrogen and oxygen atoms in total. The highest BCUT2D eigenvalue weighted by molar-refractivity contribution is 5.67. The molecule has 1 aromatic rings. The summed E-state index contributed by atoms with van der Waals surface area (Å²) in [6.45, 7) is 6.31. The van der Waals surface area contributed by atoms with Crippen LogP contribution >= 0.6 is 0 Å². The molecule has 1 aliphatic heterocycles. The third-order valence-electron chi connectivity index (χ3n) is 3.55. The van der Waals surface area contributed by atoms with Crippen LogP contribution < -0.4 is 5.73 Å². The molecule has 1 aliphatic rings. The van der Waals surface area contributed by atoms with Gasteiger partial charge in [-0.25, -0.2) is 9.18 Å². The fourth-order valence-corrected chi connectivity index (χ4v) is 2.80. The molecule has 0 radical (unpaired) electrons. The Bertz CT molecular complexity index is 523. The second-order valence-electron chi connectivity index (χ2n) is 6.07. The molecule has 0 fully saturated rings. The molecule has 19 heavy (non-hydrogen) atoms. The van der Waals surface area contributed by atoms with Gasteiger partial charge in [0.25, 0.3) is 0 Å². The SMILES string of the molecule is CC(C)(C)C1c2cc(N)c(F)cc2CCN1C(=O)O. The molecule has 0 spiro atoms. The topological polar surface area (TPSA) is 66.6 Å². The number of nitrogen functional groups attached to an aromatic ring is 1. The van der Waals surface area contributed by atoms with E-state index < -0.39 is 11.9 Å². The molecule has 1 heterocycles. The Morgan fingerprint density at radius 2 is 2.11 bits per heavy atom. The largest absolute Gasteiger partial charge is 0.465 e. The zero-order valence-corrected chi connectivity index (χ0v) is 11.4. The first-order chi connectivity index (χ1) is 8.71. The van der Waals surface area contributed by atoms with E-state index in [1.165, 1.54) is 11.0 Å². The lowest BCUT2D eigenvalue weighted by molar-refractivity contribution is 0.0759. The van der Waals surface area contributed by atoms with Crippen molar-refractivity contribution in [3.63, 3.8) is 0 Å². The molecule has 0 aliphatic carbocycles. The lowest BCUT2D eigenvalue weighted by Crippen LogP contribution is -2.44. The molecule has 5 heteroatoms. The number of amides is 1. The molecule has 0 bridgehead atoms. The summed E-state index contributed by atoms with van der Waals surface area (Å²) in [6, 6.07) is 2.70. The molecule has 1 aromatic carbocycles. The number of hydrogen-bond acceptors (Lipinski definition) is 2. The minimum atomic E-state index is -0.950. The first-order valence-corrected chi connectivity index (χ1v) is 6.29. The Labute approximate surface area is 112 Å². The lowest BCUT2D eigenvalue weighted by Gasteiger charge is -2.43. The number of fused-ring (bicyclic) bond motifs is 1. The molecule has 0 aromatic heterocycles. The van der Waals surface area contributed by atoms with Crippen molar-refractivity contribution in [1.82, 2.24) is 4.90 Å². The number of carbonyl (C=O) groups is 1. The summed E-state index contributed by atoms with van der Waals surface area (Å²) in [5, 5.41) is 9.34. The number of nitrogens with zero attached hydrogens (tertiary/aromatic N) is 1. The summed E-state index contributed by atoms with van der Waals surface area (Å²) in [5.74, 6) is -0.435. The van der Waals surface area contributed by atoms with Crippen molar-refractivity contribution in [2.24, 2.45) is 5.41 Å². The number of halogens is 1. The predicted molar refractivity (Wildman–Crippen MR) is 71.4 cm³/mol. The minimum absolute atomic E-state index is 0.0697. The van der Waals surface area contributed by atoms with Crippen LogP contribution in [0.5, 0.6) is 0 Å². The van der Waals surface area contributed by atoms with E-state index in [0.717, 1.165) is 11.1 Å². The van der Waals surface area contributed by atoms with Gasteiger partial charge in [-0.3, -0.25) is 0 Å². The Kier molecular flexibility index (Phi) is 3.16. The summed E-state index contributed by atoms with van der Waals surface area (Å²) in [6.07, 6.45) is -0.431. The average molecular weight is 266 g/mol. The van der Waals surface area contributed by atoms with Gasteiger partial charge in [0.1, 0.15) is 5.82 Å². The van der Waals surface area contributed by atoms with E-state index in [1.807, 2.05) is 20.8 Å². The quantitative estimate of drug-likeness (QED) is 0.709. The maximum Gasteiger partial charge on any atom is 0.407 e. The number of nitrogens with two attached hydrogens (primary N) is 1. The molecule has 0 saturated heterocycles. The maximum absolute atomic E-state index is 13.5. The summed E-state index contributed by atoms with van der Waals surface area (Å²) in [5.41, 5.74) is 7.09. The maximum atomic E-state index is 13.5. The first-order valence-electron chi connectivity index (χ1n) is 6.29. The number of carboxylic acid groups (broad SMARTS) is 1. The second kappa shape index (κ2) is 4.40. The van der Waals surface area contributed by atoms with Crippen molar-refractivity contribution in [1.29, 1.82) is 0 Å². The van der Waals surface area contributed by atoms with Gasteiger partial charge in [0.05, 0.1) is 11.7 Å². The summed E-state index contributed by atoms with van der Waals surface area (Å²) < 4.78 is 13.5. The monoisotopic (exact) mass is 266 g/mol. The van der Waals surface area contributed by atoms with E-state index in [0.29, 0.717) is 13.0 Å². The first kappa shape index (κ1) is 13.6. The molecule has 0 saturated carbocycles. The normalized spacial score (nSPS) is 19.2. The second-order valence-corrected chi connectivity index (χ2v) is 6.07. The van der Waals surface area contributed by atoms with Gasteiger partial charge in [-0.15, -0.1) is 0 Å². The third kappa shape index (κ3) is 2.37. The van der Waals surface area contributed by atoms with Gasteiger partial charge in [0, 0.05) is 6.54 Å². The number of hydrogen-bond donors (Lipinski definition) is 2. The van der Waals surface area contributed by atoms with E-state index >= 15 is 0 Å². The van der Waals surface area contributed by atoms with Crippen LogP contribution in [0.3, 0.4) is 0 Å². The van der Waals surface area contributed by atoms with Crippen LogP contribution in [0.15, 0.2) is 12.1 Å². The van der Waals surface area contributed by atoms with Crippen LogP contribution in [-0.4, -0.2) is 22.6 Å². The molecule has 1 amide bonds. The summed E-state index contributed by atoms with van der Waals surface area (Å²) >= 11 is 0. The average Bonchev–Trinajstić information content (AvgIpc) is 2.27. The Morgan fingerprint density at radius 3 is 2.63 bits per heavy atom. The lowest BCUT2D eigenvalue weighted by atomic mass is 9.77. The van der Waals surface area contributed by atoms with Gasteiger partial charge in [-0.1, -0.05) is 20.8 Å². The van der Waals surface area contributed by atoms with Crippen molar-refractivity contribution in [3.05, 3.63) is 29.1 Å². The Hall–Kier alpha value is -1.78.